The molecule has 4 rings (SSSR count). The minimum absolute atomic E-state index is 0.000323. The molecule has 0 fully saturated rings. The first-order chi connectivity index (χ1) is 12.3. The van der Waals surface area contributed by atoms with Gasteiger partial charge >= 0.3 is 0 Å². The standard InChI is InChI=1S/C21H20N2O2/c24-20(23-18-11-3-8-16-9-5-13-22-21(16)18)14-25-19-12-4-7-15-6-1-2-10-17(15)19/h3-5,7-9,11-13H,1-2,6,10,14H2,(H,23,24). The van der Waals surface area contributed by atoms with Crippen molar-refractivity contribution >= 4 is 22.5 Å². The Balaban J connectivity index is 1.46. The number of aryl methyl sites for hydroxylation is 1. The van der Waals surface area contributed by atoms with Gasteiger partial charge in [0.2, 0.25) is 0 Å². The Morgan fingerprint density at radius 1 is 1.04 bits per heavy atom. The first kappa shape index (κ1) is 15.6. The molecule has 0 spiro atoms. The Morgan fingerprint density at radius 2 is 1.88 bits per heavy atom. The Labute approximate surface area is 146 Å². The molecule has 1 aliphatic rings. The van der Waals surface area contributed by atoms with Crippen LogP contribution in [0.5, 0.6) is 5.75 Å². The van der Waals surface area contributed by atoms with E-state index in [0.29, 0.717) is 5.69 Å². The number of anilines is 1. The van der Waals surface area contributed by atoms with Crippen LogP contribution in [0.2, 0.25) is 0 Å². The lowest BCUT2D eigenvalue weighted by molar-refractivity contribution is -0.118. The zero-order chi connectivity index (χ0) is 17.1. The van der Waals surface area contributed by atoms with Crippen LogP contribution >= 0.6 is 0 Å². The summed E-state index contributed by atoms with van der Waals surface area (Å²) in [4.78, 5) is 16.7. The van der Waals surface area contributed by atoms with Crippen LogP contribution in [0.3, 0.4) is 0 Å². The van der Waals surface area contributed by atoms with Crippen molar-refractivity contribution in [2.24, 2.45) is 0 Å². The lowest BCUT2D eigenvalue weighted by atomic mass is 9.91. The van der Waals surface area contributed by atoms with Crippen LogP contribution in [-0.2, 0) is 17.6 Å². The fourth-order valence-corrected chi connectivity index (χ4v) is 3.42. The highest BCUT2D eigenvalue weighted by molar-refractivity contribution is 6.00. The van der Waals surface area contributed by atoms with Gasteiger partial charge in [-0.15, -0.1) is 0 Å². The van der Waals surface area contributed by atoms with Crippen molar-refractivity contribution in [3.8, 4) is 5.75 Å². The summed E-state index contributed by atoms with van der Waals surface area (Å²) in [6.07, 6.45) is 6.26. The fourth-order valence-electron chi connectivity index (χ4n) is 3.42. The molecule has 0 radical (unpaired) electrons. The van der Waals surface area contributed by atoms with Gasteiger partial charge in [-0.25, -0.2) is 0 Å². The summed E-state index contributed by atoms with van der Waals surface area (Å²) in [6.45, 7) is -0.000323. The SMILES string of the molecule is O=C(COc1cccc2c1CCCC2)Nc1cccc2cccnc12. The number of fused-ring (bicyclic) bond motifs is 2. The van der Waals surface area contributed by atoms with Crippen molar-refractivity contribution in [2.75, 3.05) is 11.9 Å². The van der Waals surface area contributed by atoms with Crippen LogP contribution in [-0.4, -0.2) is 17.5 Å². The van der Waals surface area contributed by atoms with Crippen molar-refractivity contribution < 1.29 is 9.53 Å². The molecule has 0 bridgehead atoms. The summed E-state index contributed by atoms with van der Waals surface area (Å²) in [5.74, 6) is 0.662. The maximum atomic E-state index is 12.3. The van der Waals surface area contributed by atoms with E-state index in [2.05, 4.69) is 16.4 Å². The van der Waals surface area contributed by atoms with Gasteiger partial charge in [0.15, 0.2) is 6.61 Å². The zero-order valence-corrected chi connectivity index (χ0v) is 14.0. The van der Waals surface area contributed by atoms with E-state index < -0.39 is 0 Å². The quantitative estimate of drug-likeness (QED) is 0.781. The van der Waals surface area contributed by atoms with Crippen molar-refractivity contribution in [1.29, 1.82) is 0 Å². The number of hydrogen-bond donors (Lipinski definition) is 1. The molecule has 0 aliphatic heterocycles. The van der Waals surface area contributed by atoms with Crippen LogP contribution in [0.1, 0.15) is 24.0 Å². The van der Waals surface area contributed by atoms with Gasteiger partial charge in [-0.3, -0.25) is 9.78 Å². The molecule has 25 heavy (non-hydrogen) atoms. The van der Waals surface area contributed by atoms with E-state index in [1.165, 1.54) is 24.0 Å². The number of benzene rings is 2. The minimum atomic E-state index is -0.174. The number of hydrogen-bond acceptors (Lipinski definition) is 3. The molecule has 126 valence electrons. The molecular weight excluding hydrogens is 312 g/mol. The molecular formula is C21H20N2O2. The van der Waals surface area contributed by atoms with E-state index in [-0.39, 0.29) is 12.5 Å². The molecule has 4 heteroatoms. The number of carbonyl (C=O) groups excluding carboxylic acids is 1. The molecule has 3 aromatic rings. The normalized spacial score (nSPS) is 13.3. The van der Waals surface area contributed by atoms with Crippen LogP contribution in [0.15, 0.2) is 54.7 Å². The summed E-state index contributed by atoms with van der Waals surface area (Å²) < 4.78 is 5.82. The number of aromatic nitrogens is 1. The third-order valence-corrected chi connectivity index (χ3v) is 4.62. The maximum absolute atomic E-state index is 12.3. The molecule has 1 heterocycles. The van der Waals surface area contributed by atoms with Crippen LogP contribution < -0.4 is 10.1 Å². The maximum Gasteiger partial charge on any atom is 0.262 e. The molecule has 0 atom stereocenters. The van der Waals surface area contributed by atoms with Gasteiger partial charge < -0.3 is 10.1 Å². The van der Waals surface area contributed by atoms with Crippen LogP contribution in [0.4, 0.5) is 5.69 Å². The van der Waals surface area contributed by atoms with Crippen molar-refractivity contribution in [2.45, 2.75) is 25.7 Å². The molecule has 1 aromatic heterocycles. The van der Waals surface area contributed by atoms with Gasteiger partial charge in [0.25, 0.3) is 5.91 Å². The summed E-state index contributed by atoms with van der Waals surface area (Å²) in [6, 6.07) is 15.7. The zero-order valence-electron chi connectivity index (χ0n) is 14.0. The number of pyridine rings is 1. The average Bonchev–Trinajstić information content (AvgIpc) is 2.66. The Morgan fingerprint density at radius 3 is 2.84 bits per heavy atom. The number of ether oxygens (including phenoxy) is 1. The molecule has 0 unspecified atom stereocenters. The van der Waals surface area contributed by atoms with Crippen LogP contribution in [0.25, 0.3) is 10.9 Å². The van der Waals surface area contributed by atoms with Gasteiger partial charge in [0.05, 0.1) is 11.2 Å². The second kappa shape index (κ2) is 6.93. The highest BCUT2D eigenvalue weighted by atomic mass is 16.5. The first-order valence-electron chi connectivity index (χ1n) is 8.68. The number of nitrogens with one attached hydrogen (secondary N) is 1. The molecule has 1 aliphatic carbocycles. The summed E-state index contributed by atoms with van der Waals surface area (Å²) in [5, 5.41) is 3.91. The largest absolute Gasteiger partial charge is 0.483 e. The summed E-state index contributed by atoms with van der Waals surface area (Å²) in [7, 11) is 0. The second-order valence-electron chi connectivity index (χ2n) is 6.32. The highest BCUT2D eigenvalue weighted by Crippen LogP contribution is 2.29. The van der Waals surface area contributed by atoms with E-state index in [0.717, 1.165) is 29.5 Å². The van der Waals surface area contributed by atoms with Gasteiger partial charge in [0.1, 0.15) is 5.75 Å². The average molecular weight is 332 g/mol. The van der Waals surface area contributed by atoms with E-state index in [1.807, 2.05) is 42.5 Å². The van der Waals surface area contributed by atoms with E-state index in [1.54, 1.807) is 6.20 Å². The summed E-state index contributed by atoms with van der Waals surface area (Å²) >= 11 is 0. The van der Waals surface area contributed by atoms with Gasteiger partial charge in [-0.1, -0.05) is 30.3 Å². The predicted molar refractivity (Wildman–Crippen MR) is 99.0 cm³/mol. The van der Waals surface area contributed by atoms with Gasteiger partial charge in [0, 0.05) is 11.6 Å². The molecule has 1 amide bonds. The lowest BCUT2D eigenvalue weighted by Gasteiger charge is -2.19. The Hall–Kier alpha value is -2.88. The Kier molecular flexibility index (Phi) is 4.34. The number of amides is 1. The molecule has 0 saturated carbocycles. The van der Waals surface area contributed by atoms with E-state index in [4.69, 9.17) is 4.74 Å². The van der Waals surface area contributed by atoms with Crippen LogP contribution in [0, 0.1) is 0 Å². The molecule has 4 nitrogen and oxygen atoms in total. The third-order valence-electron chi connectivity index (χ3n) is 4.62. The highest BCUT2D eigenvalue weighted by Gasteiger charge is 2.15. The lowest BCUT2D eigenvalue weighted by Crippen LogP contribution is -2.21. The minimum Gasteiger partial charge on any atom is -0.483 e. The van der Waals surface area contributed by atoms with Crippen molar-refractivity contribution in [1.82, 2.24) is 4.98 Å². The molecule has 1 N–H and O–H groups in total. The van der Waals surface area contributed by atoms with E-state index in [9.17, 15) is 4.79 Å². The van der Waals surface area contributed by atoms with Crippen molar-refractivity contribution in [3.05, 3.63) is 65.9 Å². The molecule has 0 saturated heterocycles. The predicted octanol–water partition coefficient (Wildman–Crippen LogP) is 4.13. The number of para-hydroxylation sites is 1. The number of nitrogens with zero attached hydrogens (tertiary/aromatic N) is 1. The number of carbonyl (C=O) groups is 1. The van der Waals surface area contributed by atoms with Gasteiger partial charge in [-0.05, 0) is 55.0 Å². The van der Waals surface area contributed by atoms with E-state index >= 15 is 0 Å². The topological polar surface area (TPSA) is 51.2 Å². The monoisotopic (exact) mass is 332 g/mol. The fraction of sp³-hybridized carbons (Fsp3) is 0.238. The van der Waals surface area contributed by atoms with Crippen molar-refractivity contribution in [3.63, 3.8) is 0 Å². The smallest absolute Gasteiger partial charge is 0.262 e. The third kappa shape index (κ3) is 3.33. The summed E-state index contributed by atoms with van der Waals surface area (Å²) in [5.41, 5.74) is 4.10. The number of rotatable bonds is 4. The molecule has 2 aromatic carbocycles. The van der Waals surface area contributed by atoms with Gasteiger partial charge in [-0.2, -0.15) is 0 Å². The second-order valence-corrected chi connectivity index (χ2v) is 6.32. The first-order valence-corrected chi connectivity index (χ1v) is 8.68. The Bertz CT molecular complexity index is 915.